The van der Waals surface area contributed by atoms with E-state index in [1.165, 1.54) is 23.6 Å². The van der Waals surface area contributed by atoms with E-state index in [2.05, 4.69) is 47.3 Å². The highest BCUT2D eigenvalue weighted by molar-refractivity contribution is 5.89. The van der Waals surface area contributed by atoms with E-state index in [-0.39, 0.29) is 18.0 Å². The standard InChI is InChI=1S/C22H28N2O3/c1-3-21-18-13-24(11-9-17(18)19(14-27-21)22(25)26-2)10-8-15-12-23-20-7-5-4-6-16(15)20/h4-7,12,14,17-18,21,23H,3,8-11,13H2,1-2H3/t17-,18?,21?/m0/s1. The quantitative estimate of drug-likeness (QED) is 0.821. The Balaban J connectivity index is 1.44. The molecule has 0 spiro atoms. The van der Waals surface area contributed by atoms with Crippen molar-refractivity contribution in [1.29, 1.82) is 0 Å². The Bertz CT molecular complexity index is 841. The lowest BCUT2D eigenvalue weighted by Gasteiger charge is -2.44. The van der Waals surface area contributed by atoms with Gasteiger partial charge < -0.3 is 19.4 Å². The second-order valence-electron chi connectivity index (χ2n) is 7.62. The number of likely N-dealkylation sites (tertiary alicyclic amines) is 1. The third-order valence-electron chi connectivity index (χ3n) is 6.18. The first-order valence-corrected chi connectivity index (χ1v) is 9.92. The molecule has 2 unspecified atom stereocenters. The Morgan fingerprint density at radius 3 is 3.04 bits per heavy atom. The Morgan fingerprint density at radius 1 is 1.37 bits per heavy atom. The summed E-state index contributed by atoms with van der Waals surface area (Å²) in [5.41, 5.74) is 3.28. The lowest BCUT2D eigenvalue weighted by Crippen LogP contribution is -2.49. The van der Waals surface area contributed by atoms with Crippen LogP contribution < -0.4 is 0 Å². The lowest BCUT2D eigenvalue weighted by molar-refractivity contribution is -0.138. The summed E-state index contributed by atoms with van der Waals surface area (Å²) in [6.45, 7) is 5.16. The van der Waals surface area contributed by atoms with Crippen LogP contribution in [0.4, 0.5) is 0 Å². The lowest BCUT2D eigenvalue weighted by atomic mass is 9.75. The van der Waals surface area contributed by atoms with Gasteiger partial charge in [-0.3, -0.25) is 0 Å². The third-order valence-corrected chi connectivity index (χ3v) is 6.18. The van der Waals surface area contributed by atoms with Crippen LogP contribution in [0.2, 0.25) is 0 Å². The van der Waals surface area contributed by atoms with Crippen LogP contribution in [0.25, 0.3) is 10.9 Å². The van der Waals surface area contributed by atoms with E-state index in [0.717, 1.165) is 38.9 Å². The van der Waals surface area contributed by atoms with Gasteiger partial charge in [0, 0.05) is 42.0 Å². The molecule has 1 saturated heterocycles. The van der Waals surface area contributed by atoms with Gasteiger partial charge in [0.2, 0.25) is 0 Å². The van der Waals surface area contributed by atoms with Crippen molar-refractivity contribution in [3.05, 3.63) is 47.9 Å². The molecule has 0 bridgehead atoms. The molecular weight excluding hydrogens is 340 g/mol. The van der Waals surface area contributed by atoms with Crippen LogP contribution in [0.5, 0.6) is 0 Å². The number of carbonyl (C=O) groups excluding carboxylic acids is 1. The molecule has 1 N–H and O–H groups in total. The molecule has 0 aliphatic carbocycles. The third kappa shape index (κ3) is 3.48. The summed E-state index contributed by atoms with van der Waals surface area (Å²) in [4.78, 5) is 18.0. The predicted octanol–water partition coefficient (Wildman–Crippen LogP) is 3.51. The molecule has 1 fully saturated rings. The minimum absolute atomic E-state index is 0.180. The van der Waals surface area contributed by atoms with E-state index in [0.29, 0.717) is 11.5 Å². The minimum Gasteiger partial charge on any atom is -0.497 e. The zero-order chi connectivity index (χ0) is 18.8. The number of hydrogen-bond acceptors (Lipinski definition) is 4. The Hall–Kier alpha value is -2.27. The molecule has 1 aromatic carbocycles. The van der Waals surface area contributed by atoms with Crippen LogP contribution in [0.15, 0.2) is 42.3 Å². The van der Waals surface area contributed by atoms with Crippen molar-refractivity contribution in [3.8, 4) is 0 Å². The largest absolute Gasteiger partial charge is 0.497 e. The maximum absolute atomic E-state index is 12.1. The molecule has 1 aromatic heterocycles. The second kappa shape index (κ2) is 7.77. The summed E-state index contributed by atoms with van der Waals surface area (Å²) in [7, 11) is 1.44. The number of benzene rings is 1. The van der Waals surface area contributed by atoms with Crippen molar-refractivity contribution >= 4 is 16.9 Å². The number of rotatable bonds is 5. The maximum atomic E-state index is 12.1. The molecule has 5 heteroatoms. The first kappa shape index (κ1) is 18.1. The van der Waals surface area contributed by atoms with Gasteiger partial charge in [0.1, 0.15) is 6.10 Å². The zero-order valence-electron chi connectivity index (χ0n) is 16.1. The normalized spacial score (nSPS) is 25.6. The molecule has 3 atom stereocenters. The Kier molecular flexibility index (Phi) is 5.21. The number of para-hydroxylation sites is 1. The number of hydrogen-bond donors (Lipinski definition) is 1. The molecule has 2 aromatic rings. The van der Waals surface area contributed by atoms with Gasteiger partial charge in [-0.15, -0.1) is 0 Å². The van der Waals surface area contributed by atoms with Crippen molar-refractivity contribution in [2.75, 3.05) is 26.7 Å². The fourth-order valence-corrected chi connectivity index (χ4v) is 4.70. The first-order chi connectivity index (χ1) is 13.2. The maximum Gasteiger partial charge on any atom is 0.337 e. The van der Waals surface area contributed by atoms with Crippen LogP contribution in [-0.4, -0.2) is 48.7 Å². The number of aromatic amines is 1. The van der Waals surface area contributed by atoms with Crippen LogP contribution >= 0.6 is 0 Å². The molecule has 144 valence electrons. The molecule has 2 aliphatic rings. The van der Waals surface area contributed by atoms with E-state index in [9.17, 15) is 4.79 Å². The number of nitrogens with zero attached hydrogens (tertiary/aromatic N) is 1. The van der Waals surface area contributed by atoms with Gasteiger partial charge in [0.05, 0.1) is 18.9 Å². The summed E-state index contributed by atoms with van der Waals surface area (Å²) < 4.78 is 10.9. The Labute approximate surface area is 160 Å². The number of aromatic nitrogens is 1. The van der Waals surface area contributed by atoms with Crippen LogP contribution in [0.1, 0.15) is 25.3 Å². The molecule has 2 aliphatic heterocycles. The Morgan fingerprint density at radius 2 is 2.22 bits per heavy atom. The van der Waals surface area contributed by atoms with E-state index in [1.54, 1.807) is 6.26 Å². The van der Waals surface area contributed by atoms with Gasteiger partial charge in [-0.1, -0.05) is 25.1 Å². The number of carbonyl (C=O) groups is 1. The van der Waals surface area contributed by atoms with Crippen LogP contribution in [0.3, 0.4) is 0 Å². The van der Waals surface area contributed by atoms with Crippen molar-refractivity contribution in [3.63, 3.8) is 0 Å². The van der Waals surface area contributed by atoms with Gasteiger partial charge in [-0.2, -0.15) is 0 Å². The van der Waals surface area contributed by atoms with Crippen molar-refractivity contribution in [2.45, 2.75) is 32.3 Å². The number of nitrogens with one attached hydrogen (secondary N) is 1. The van der Waals surface area contributed by atoms with Crippen molar-refractivity contribution < 1.29 is 14.3 Å². The van der Waals surface area contributed by atoms with Crippen molar-refractivity contribution in [2.24, 2.45) is 11.8 Å². The zero-order valence-corrected chi connectivity index (χ0v) is 16.1. The molecule has 0 saturated carbocycles. The average Bonchev–Trinajstić information content (AvgIpc) is 3.13. The average molecular weight is 368 g/mol. The number of esters is 1. The molecule has 27 heavy (non-hydrogen) atoms. The van der Waals surface area contributed by atoms with E-state index in [1.807, 2.05) is 0 Å². The molecule has 3 heterocycles. The number of ether oxygens (including phenoxy) is 2. The highest BCUT2D eigenvalue weighted by atomic mass is 16.5. The summed E-state index contributed by atoms with van der Waals surface area (Å²) in [6.07, 6.45) is 6.94. The summed E-state index contributed by atoms with van der Waals surface area (Å²) in [6, 6.07) is 8.46. The van der Waals surface area contributed by atoms with Crippen LogP contribution in [0, 0.1) is 11.8 Å². The summed E-state index contributed by atoms with van der Waals surface area (Å²) >= 11 is 0. The van der Waals surface area contributed by atoms with E-state index >= 15 is 0 Å². The molecule has 5 nitrogen and oxygen atoms in total. The van der Waals surface area contributed by atoms with Gasteiger partial charge in [0.15, 0.2) is 0 Å². The fourth-order valence-electron chi connectivity index (χ4n) is 4.70. The highest BCUT2D eigenvalue weighted by Crippen LogP contribution is 2.38. The highest BCUT2D eigenvalue weighted by Gasteiger charge is 2.42. The van der Waals surface area contributed by atoms with Gasteiger partial charge >= 0.3 is 5.97 Å². The SMILES string of the molecule is CCC1OC=C(C(=O)OC)[C@H]2CCN(CCc3c[nH]c4ccccc34)CC12. The first-order valence-electron chi connectivity index (χ1n) is 9.92. The molecule has 4 rings (SSSR count). The predicted molar refractivity (Wildman–Crippen MR) is 105 cm³/mol. The van der Waals surface area contributed by atoms with Gasteiger partial charge in [-0.25, -0.2) is 4.79 Å². The molecular formula is C22H28N2O3. The topological polar surface area (TPSA) is 54.6 Å². The smallest absolute Gasteiger partial charge is 0.337 e. The van der Waals surface area contributed by atoms with Crippen LogP contribution in [-0.2, 0) is 20.7 Å². The monoisotopic (exact) mass is 368 g/mol. The van der Waals surface area contributed by atoms with Gasteiger partial charge in [0.25, 0.3) is 0 Å². The number of H-pyrrole nitrogens is 1. The summed E-state index contributed by atoms with van der Waals surface area (Å²) in [5, 5.41) is 1.32. The molecule has 0 radical (unpaired) electrons. The minimum atomic E-state index is -0.244. The number of piperidine rings is 1. The van der Waals surface area contributed by atoms with Gasteiger partial charge in [-0.05, 0) is 37.4 Å². The number of fused-ring (bicyclic) bond motifs is 2. The van der Waals surface area contributed by atoms with E-state index in [4.69, 9.17) is 9.47 Å². The molecule has 0 amide bonds. The van der Waals surface area contributed by atoms with E-state index < -0.39 is 0 Å². The fraction of sp³-hybridized carbons (Fsp3) is 0.500. The number of methoxy groups -OCH3 is 1. The second-order valence-corrected chi connectivity index (χ2v) is 7.62. The van der Waals surface area contributed by atoms with Crippen molar-refractivity contribution in [1.82, 2.24) is 9.88 Å². The summed E-state index contributed by atoms with van der Waals surface area (Å²) in [5.74, 6) is 0.359.